The van der Waals surface area contributed by atoms with Gasteiger partial charge in [-0.2, -0.15) is 0 Å². The van der Waals surface area contributed by atoms with E-state index in [1.807, 2.05) is 0 Å². The van der Waals surface area contributed by atoms with Gasteiger partial charge in [-0.05, 0) is 12.1 Å². The van der Waals surface area contributed by atoms with E-state index in [0.717, 1.165) is 5.69 Å². The Hall–Kier alpha value is -1.91. The van der Waals surface area contributed by atoms with Crippen LogP contribution in [0.4, 0.5) is 11.4 Å². The minimum atomic E-state index is -0.403. The van der Waals surface area contributed by atoms with Crippen LogP contribution in [-0.2, 0) is 4.79 Å². The number of ether oxygens (including phenoxy) is 1. The van der Waals surface area contributed by atoms with Crippen molar-refractivity contribution in [1.82, 2.24) is 0 Å². The van der Waals surface area contributed by atoms with Crippen molar-refractivity contribution in [3.8, 4) is 5.75 Å². The van der Waals surface area contributed by atoms with Gasteiger partial charge in [0.05, 0.1) is 25.0 Å². The van der Waals surface area contributed by atoms with Gasteiger partial charge in [0.15, 0.2) is 0 Å². The van der Waals surface area contributed by atoms with Crippen molar-refractivity contribution >= 4 is 17.3 Å². The third-order valence-corrected chi connectivity index (χ3v) is 2.04. The largest absolute Gasteiger partial charge is 0.497 e. The zero-order valence-corrected chi connectivity index (χ0v) is 8.86. The van der Waals surface area contributed by atoms with E-state index in [0.29, 0.717) is 11.4 Å². The first-order chi connectivity index (χ1) is 7.04. The highest BCUT2D eigenvalue weighted by Gasteiger charge is 2.08. The van der Waals surface area contributed by atoms with Crippen LogP contribution in [0, 0.1) is 0 Å². The molecule has 0 heterocycles. The molecule has 0 aliphatic carbocycles. The van der Waals surface area contributed by atoms with E-state index in [-0.39, 0.29) is 6.54 Å². The summed E-state index contributed by atoms with van der Waals surface area (Å²) in [5, 5.41) is 0. The predicted molar refractivity (Wildman–Crippen MR) is 59.9 cm³/mol. The first kappa shape index (κ1) is 11.2. The molecule has 1 aromatic rings. The summed E-state index contributed by atoms with van der Waals surface area (Å²) in [7, 11) is 3.32. The van der Waals surface area contributed by atoms with E-state index in [9.17, 15) is 4.79 Å². The van der Waals surface area contributed by atoms with Crippen LogP contribution < -0.4 is 21.1 Å². The maximum atomic E-state index is 10.8. The van der Waals surface area contributed by atoms with Crippen molar-refractivity contribution in [3.05, 3.63) is 18.2 Å². The van der Waals surface area contributed by atoms with Crippen LogP contribution in [0.5, 0.6) is 5.75 Å². The summed E-state index contributed by atoms with van der Waals surface area (Å²) >= 11 is 0. The molecule has 0 saturated carbocycles. The highest BCUT2D eigenvalue weighted by molar-refractivity contribution is 5.81. The molecule has 1 aromatic carbocycles. The van der Waals surface area contributed by atoms with Gasteiger partial charge in [0, 0.05) is 13.1 Å². The summed E-state index contributed by atoms with van der Waals surface area (Å²) in [6, 6.07) is 5.25. The number of amides is 1. The van der Waals surface area contributed by atoms with Crippen molar-refractivity contribution in [2.24, 2.45) is 5.73 Å². The molecule has 0 aliphatic heterocycles. The molecule has 15 heavy (non-hydrogen) atoms. The zero-order chi connectivity index (χ0) is 11.4. The minimum absolute atomic E-state index is 0.122. The Morgan fingerprint density at radius 2 is 2.20 bits per heavy atom. The molecular formula is C10H15N3O2. The molecule has 5 nitrogen and oxygen atoms in total. The lowest BCUT2D eigenvalue weighted by atomic mass is 10.2. The lowest BCUT2D eigenvalue weighted by Crippen LogP contribution is -2.30. The van der Waals surface area contributed by atoms with Crippen LogP contribution in [0.3, 0.4) is 0 Å². The Labute approximate surface area is 88.6 Å². The maximum Gasteiger partial charge on any atom is 0.236 e. The number of methoxy groups -OCH3 is 1. The monoisotopic (exact) mass is 209 g/mol. The maximum absolute atomic E-state index is 10.8. The Bertz CT molecular complexity index is 366. The number of benzene rings is 1. The second-order valence-corrected chi connectivity index (χ2v) is 3.25. The number of nitrogen functional groups attached to an aromatic ring is 1. The summed E-state index contributed by atoms with van der Waals surface area (Å²) < 4.78 is 5.07. The number of hydrogen-bond acceptors (Lipinski definition) is 4. The van der Waals surface area contributed by atoms with Gasteiger partial charge in [-0.1, -0.05) is 0 Å². The average molecular weight is 209 g/mol. The second kappa shape index (κ2) is 4.54. The molecule has 0 spiro atoms. The lowest BCUT2D eigenvalue weighted by molar-refractivity contribution is -0.116. The molecule has 0 fully saturated rings. The van der Waals surface area contributed by atoms with E-state index in [1.54, 1.807) is 37.3 Å². The fraction of sp³-hybridized carbons (Fsp3) is 0.300. The van der Waals surface area contributed by atoms with Crippen molar-refractivity contribution in [2.75, 3.05) is 31.3 Å². The number of nitrogens with zero attached hydrogens (tertiary/aromatic N) is 1. The second-order valence-electron chi connectivity index (χ2n) is 3.25. The summed E-state index contributed by atoms with van der Waals surface area (Å²) in [4.78, 5) is 12.4. The number of hydrogen-bond donors (Lipinski definition) is 2. The van der Waals surface area contributed by atoms with Crippen LogP contribution in [-0.4, -0.2) is 26.6 Å². The molecule has 4 N–H and O–H groups in total. The summed E-state index contributed by atoms with van der Waals surface area (Å²) in [6.45, 7) is 0.122. The fourth-order valence-electron chi connectivity index (χ4n) is 1.30. The Balaban J connectivity index is 2.95. The molecule has 0 saturated heterocycles. The minimum Gasteiger partial charge on any atom is -0.497 e. The van der Waals surface area contributed by atoms with Gasteiger partial charge in [0.2, 0.25) is 5.91 Å². The van der Waals surface area contributed by atoms with E-state index in [1.165, 1.54) is 0 Å². The molecule has 5 heteroatoms. The van der Waals surface area contributed by atoms with Crippen molar-refractivity contribution < 1.29 is 9.53 Å². The molecule has 82 valence electrons. The normalized spacial score (nSPS) is 9.73. The van der Waals surface area contributed by atoms with Crippen LogP contribution >= 0.6 is 0 Å². The molecule has 0 unspecified atom stereocenters. The summed E-state index contributed by atoms with van der Waals surface area (Å²) in [5.74, 6) is 0.287. The first-order valence-electron chi connectivity index (χ1n) is 4.47. The first-order valence-corrected chi connectivity index (χ1v) is 4.47. The number of primary amides is 1. The highest BCUT2D eigenvalue weighted by Crippen LogP contribution is 2.26. The van der Waals surface area contributed by atoms with Crippen LogP contribution in [0.2, 0.25) is 0 Å². The smallest absolute Gasteiger partial charge is 0.236 e. The Kier molecular flexibility index (Phi) is 3.38. The number of rotatable bonds is 4. The zero-order valence-electron chi connectivity index (χ0n) is 8.86. The quantitative estimate of drug-likeness (QED) is 0.694. The van der Waals surface area contributed by atoms with E-state index < -0.39 is 5.91 Å². The third-order valence-electron chi connectivity index (χ3n) is 2.04. The summed E-state index contributed by atoms with van der Waals surface area (Å²) in [5.41, 5.74) is 12.2. The van der Waals surface area contributed by atoms with E-state index in [4.69, 9.17) is 16.2 Å². The van der Waals surface area contributed by atoms with Crippen molar-refractivity contribution in [3.63, 3.8) is 0 Å². The lowest BCUT2D eigenvalue weighted by Gasteiger charge is -2.19. The summed E-state index contributed by atoms with van der Waals surface area (Å²) in [6.07, 6.45) is 0. The van der Waals surface area contributed by atoms with Crippen molar-refractivity contribution in [2.45, 2.75) is 0 Å². The van der Waals surface area contributed by atoms with Gasteiger partial charge in [0.25, 0.3) is 0 Å². The molecule has 1 amide bonds. The van der Waals surface area contributed by atoms with Crippen molar-refractivity contribution in [1.29, 1.82) is 0 Å². The Morgan fingerprint density at radius 1 is 1.53 bits per heavy atom. The fourth-order valence-corrected chi connectivity index (χ4v) is 1.30. The molecule has 0 aromatic heterocycles. The molecule has 1 rings (SSSR count). The standard InChI is InChI=1S/C10H15N3O2/c1-13(6-10(12)14)9-5-7(15-2)3-4-8(9)11/h3-5H,6,11H2,1-2H3,(H2,12,14). The average Bonchev–Trinajstić information content (AvgIpc) is 2.17. The van der Waals surface area contributed by atoms with Crippen LogP contribution in [0.25, 0.3) is 0 Å². The van der Waals surface area contributed by atoms with Gasteiger partial charge in [-0.3, -0.25) is 4.79 Å². The number of carbonyl (C=O) groups excluding carboxylic acids is 1. The highest BCUT2D eigenvalue weighted by atomic mass is 16.5. The molecule has 0 radical (unpaired) electrons. The number of nitrogens with two attached hydrogens (primary N) is 2. The molecule has 0 bridgehead atoms. The van der Waals surface area contributed by atoms with Gasteiger partial charge >= 0.3 is 0 Å². The third kappa shape index (κ3) is 2.77. The predicted octanol–water partition coefficient (Wildman–Crippen LogP) is 0.199. The van der Waals surface area contributed by atoms with Gasteiger partial charge < -0.3 is 21.1 Å². The van der Waals surface area contributed by atoms with Crippen LogP contribution in [0.15, 0.2) is 18.2 Å². The number of anilines is 2. The molecular weight excluding hydrogens is 194 g/mol. The van der Waals surface area contributed by atoms with Crippen LogP contribution in [0.1, 0.15) is 0 Å². The number of carbonyl (C=O) groups is 1. The van der Waals surface area contributed by atoms with E-state index >= 15 is 0 Å². The van der Waals surface area contributed by atoms with E-state index in [2.05, 4.69) is 0 Å². The SMILES string of the molecule is COc1ccc(N)c(N(C)CC(N)=O)c1. The Morgan fingerprint density at radius 3 is 2.73 bits per heavy atom. The molecule has 0 aliphatic rings. The van der Waals surface area contributed by atoms with Gasteiger partial charge in [-0.15, -0.1) is 0 Å². The van der Waals surface area contributed by atoms with Gasteiger partial charge in [0.1, 0.15) is 5.75 Å². The number of likely N-dealkylation sites (N-methyl/N-ethyl adjacent to an activating group) is 1. The van der Waals surface area contributed by atoms with Gasteiger partial charge in [-0.25, -0.2) is 0 Å². The topological polar surface area (TPSA) is 81.6 Å². The molecule has 0 atom stereocenters.